The number of hydrogen-bond donors (Lipinski definition) is 1. The van der Waals surface area contributed by atoms with Gasteiger partial charge in [0.2, 0.25) is 0 Å². The van der Waals surface area contributed by atoms with E-state index in [0.717, 1.165) is 70.0 Å². The molecule has 2 aromatic carbocycles. The summed E-state index contributed by atoms with van der Waals surface area (Å²) in [6.07, 6.45) is 2.17. The minimum absolute atomic E-state index is 0.133. The lowest BCUT2D eigenvalue weighted by molar-refractivity contribution is 0.220. The molecule has 0 radical (unpaired) electrons. The normalized spacial score (nSPS) is 17.3. The zero-order valence-corrected chi connectivity index (χ0v) is 17.1. The van der Waals surface area contributed by atoms with Gasteiger partial charge in [-0.1, -0.05) is 13.3 Å². The summed E-state index contributed by atoms with van der Waals surface area (Å²) in [5.74, 6) is 0.303. The lowest BCUT2D eigenvalue weighted by Crippen LogP contribution is -2.46. The molecule has 0 aliphatic carbocycles. The Morgan fingerprint density at radius 1 is 0.759 bits per heavy atom. The van der Waals surface area contributed by atoms with Crippen molar-refractivity contribution >= 4 is 23.1 Å². The van der Waals surface area contributed by atoms with Gasteiger partial charge in [0.05, 0.1) is 0 Å². The van der Waals surface area contributed by atoms with Crippen molar-refractivity contribution < 1.29 is 9.90 Å². The Labute approximate surface area is 172 Å². The first-order valence-corrected chi connectivity index (χ1v) is 10.6. The van der Waals surface area contributed by atoms with Crippen molar-refractivity contribution in [2.75, 3.05) is 60.5 Å². The zero-order valence-electron chi connectivity index (χ0n) is 17.1. The van der Waals surface area contributed by atoms with Crippen molar-refractivity contribution in [3.05, 3.63) is 48.5 Å². The van der Waals surface area contributed by atoms with Crippen molar-refractivity contribution in [2.24, 2.45) is 0 Å². The molecule has 6 heteroatoms. The summed E-state index contributed by atoms with van der Waals surface area (Å²) < 4.78 is 0. The number of piperazine rings is 1. The second kappa shape index (κ2) is 8.64. The first-order valence-electron chi connectivity index (χ1n) is 10.6. The highest BCUT2D eigenvalue weighted by Gasteiger charge is 2.29. The van der Waals surface area contributed by atoms with E-state index in [2.05, 4.69) is 41.0 Å². The third-order valence-corrected chi connectivity index (χ3v) is 5.90. The van der Waals surface area contributed by atoms with Crippen LogP contribution in [0.4, 0.5) is 21.9 Å². The van der Waals surface area contributed by atoms with Gasteiger partial charge < -0.3 is 19.8 Å². The standard InChI is InChI=1S/C23H30N4O2/c1-2-3-12-26-17-18-27(23(26)29)21-6-4-19(5-7-21)24-13-15-25(16-14-24)20-8-10-22(28)11-9-20/h4-11,28H,2-3,12-18H2,1H3. The predicted molar refractivity (Wildman–Crippen MR) is 118 cm³/mol. The molecule has 2 saturated heterocycles. The first kappa shape index (κ1) is 19.4. The van der Waals surface area contributed by atoms with Gasteiger partial charge in [-0.25, -0.2) is 4.79 Å². The number of hydrogen-bond acceptors (Lipinski definition) is 4. The second-order valence-electron chi connectivity index (χ2n) is 7.78. The van der Waals surface area contributed by atoms with Crippen LogP contribution in [0.3, 0.4) is 0 Å². The third-order valence-electron chi connectivity index (χ3n) is 5.90. The van der Waals surface area contributed by atoms with E-state index in [1.165, 1.54) is 5.69 Å². The molecular formula is C23H30N4O2. The number of amides is 2. The van der Waals surface area contributed by atoms with Gasteiger partial charge in [-0.3, -0.25) is 4.90 Å². The minimum atomic E-state index is 0.133. The number of phenols is 1. The number of nitrogens with zero attached hydrogens (tertiary/aromatic N) is 4. The maximum atomic E-state index is 12.6. The summed E-state index contributed by atoms with van der Waals surface area (Å²) in [5.41, 5.74) is 3.34. The van der Waals surface area contributed by atoms with Crippen LogP contribution in [-0.2, 0) is 0 Å². The monoisotopic (exact) mass is 394 g/mol. The highest BCUT2D eigenvalue weighted by Crippen LogP contribution is 2.26. The molecule has 2 amide bonds. The Morgan fingerprint density at radius 2 is 1.28 bits per heavy atom. The average molecular weight is 395 g/mol. The minimum Gasteiger partial charge on any atom is -0.508 e. The number of anilines is 3. The Balaban J connectivity index is 1.34. The van der Waals surface area contributed by atoms with Crippen molar-refractivity contribution in [3.8, 4) is 5.75 Å². The van der Waals surface area contributed by atoms with Crippen molar-refractivity contribution in [3.63, 3.8) is 0 Å². The van der Waals surface area contributed by atoms with Crippen LogP contribution in [0.5, 0.6) is 5.75 Å². The van der Waals surface area contributed by atoms with E-state index in [4.69, 9.17) is 0 Å². The molecule has 0 aromatic heterocycles. The Hall–Kier alpha value is -2.89. The Kier molecular flexibility index (Phi) is 5.79. The van der Waals surface area contributed by atoms with Crippen LogP contribution < -0.4 is 14.7 Å². The fourth-order valence-corrected chi connectivity index (χ4v) is 4.11. The number of urea groups is 1. The largest absolute Gasteiger partial charge is 0.508 e. The van der Waals surface area contributed by atoms with Crippen LogP contribution in [0.25, 0.3) is 0 Å². The van der Waals surface area contributed by atoms with E-state index in [0.29, 0.717) is 5.75 Å². The van der Waals surface area contributed by atoms with Crippen LogP contribution in [0.15, 0.2) is 48.5 Å². The highest BCUT2D eigenvalue weighted by atomic mass is 16.3. The van der Waals surface area contributed by atoms with Gasteiger partial charge in [0.25, 0.3) is 0 Å². The summed E-state index contributed by atoms with van der Waals surface area (Å²) in [7, 11) is 0. The molecule has 2 fully saturated rings. The van der Waals surface area contributed by atoms with Gasteiger partial charge in [-0.15, -0.1) is 0 Å². The predicted octanol–water partition coefficient (Wildman–Crippen LogP) is 3.76. The number of carbonyl (C=O) groups excluding carboxylic acids is 1. The van der Waals surface area contributed by atoms with E-state index >= 15 is 0 Å². The summed E-state index contributed by atoms with van der Waals surface area (Å²) in [6, 6.07) is 16.0. The molecule has 1 N–H and O–H groups in total. The molecule has 6 nitrogen and oxygen atoms in total. The summed E-state index contributed by atoms with van der Waals surface area (Å²) in [5, 5.41) is 9.46. The summed E-state index contributed by atoms with van der Waals surface area (Å²) in [4.78, 5) is 21.2. The molecular weight excluding hydrogens is 364 g/mol. The molecule has 4 rings (SSSR count). The fourth-order valence-electron chi connectivity index (χ4n) is 4.11. The zero-order chi connectivity index (χ0) is 20.2. The topological polar surface area (TPSA) is 50.3 Å². The highest BCUT2D eigenvalue weighted by molar-refractivity contribution is 5.94. The molecule has 2 aliphatic rings. The first-order chi connectivity index (χ1) is 14.2. The van der Waals surface area contributed by atoms with Crippen molar-refractivity contribution in [2.45, 2.75) is 19.8 Å². The van der Waals surface area contributed by atoms with Crippen LogP contribution >= 0.6 is 0 Å². The van der Waals surface area contributed by atoms with Gasteiger partial charge in [-0.2, -0.15) is 0 Å². The molecule has 0 atom stereocenters. The van der Waals surface area contributed by atoms with E-state index in [-0.39, 0.29) is 6.03 Å². The SMILES string of the molecule is CCCCN1CCN(c2ccc(N3CCN(c4ccc(O)cc4)CC3)cc2)C1=O. The molecule has 154 valence electrons. The Morgan fingerprint density at radius 3 is 1.83 bits per heavy atom. The average Bonchev–Trinajstić information content (AvgIpc) is 3.13. The molecule has 29 heavy (non-hydrogen) atoms. The van der Waals surface area contributed by atoms with E-state index in [9.17, 15) is 9.90 Å². The number of aromatic hydroxyl groups is 1. The smallest absolute Gasteiger partial charge is 0.324 e. The van der Waals surface area contributed by atoms with Gasteiger partial charge in [0.15, 0.2) is 0 Å². The molecule has 0 saturated carbocycles. The van der Waals surface area contributed by atoms with E-state index < -0.39 is 0 Å². The molecule has 0 unspecified atom stereocenters. The summed E-state index contributed by atoms with van der Waals surface area (Å²) in [6.45, 7) is 8.40. The number of phenolic OH excluding ortho intramolecular Hbond substituents is 1. The maximum Gasteiger partial charge on any atom is 0.324 e. The fraction of sp³-hybridized carbons (Fsp3) is 0.435. The van der Waals surface area contributed by atoms with Crippen molar-refractivity contribution in [1.29, 1.82) is 0 Å². The van der Waals surface area contributed by atoms with Crippen LogP contribution in [-0.4, -0.2) is 61.9 Å². The number of unbranched alkanes of at least 4 members (excludes halogenated alkanes) is 1. The molecule has 0 bridgehead atoms. The Bertz CT molecular complexity index is 814. The molecule has 2 aliphatic heterocycles. The van der Waals surface area contributed by atoms with E-state index in [1.54, 1.807) is 12.1 Å². The molecule has 0 spiro atoms. The molecule has 2 heterocycles. The quantitative estimate of drug-likeness (QED) is 0.811. The number of carbonyl (C=O) groups is 1. The number of benzene rings is 2. The van der Waals surface area contributed by atoms with E-state index in [1.807, 2.05) is 21.9 Å². The van der Waals surface area contributed by atoms with Crippen LogP contribution in [0.2, 0.25) is 0 Å². The summed E-state index contributed by atoms with van der Waals surface area (Å²) >= 11 is 0. The van der Waals surface area contributed by atoms with Crippen LogP contribution in [0, 0.1) is 0 Å². The lowest BCUT2D eigenvalue weighted by atomic mass is 10.2. The van der Waals surface area contributed by atoms with Crippen LogP contribution in [0.1, 0.15) is 19.8 Å². The second-order valence-corrected chi connectivity index (χ2v) is 7.78. The van der Waals surface area contributed by atoms with Crippen molar-refractivity contribution in [1.82, 2.24) is 4.90 Å². The molecule has 2 aromatic rings. The maximum absolute atomic E-state index is 12.6. The van der Waals surface area contributed by atoms with Gasteiger partial charge in [-0.05, 0) is 55.0 Å². The van der Waals surface area contributed by atoms with Gasteiger partial charge in [0.1, 0.15) is 5.75 Å². The third kappa shape index (κ3) is 4.26. The number of rotatable bonds is 6. The lowest BCUT2D eigenvalue weighted by Gasteiger charge is -2.37. The van der Waals surface area contributed by atoms with Gasteiger partial charge >= 0.3 is 6.03 Å². The van der Waals surface area contributed by atoms with Gasteiger partial charge in [0, 0.05) is 62.9 Å².